The molecule has 25 heavy (non-hydrogen) atoms. The average molecular weight is 353 g/mol. The van der Waals surface area contributed by atoms with E-state index in [0.29, 0.717) is 21.5 Å². The van der Waals surface area contributed by atoms with Crippen LogP contribution in [0.3, 0.4) is 0 Å². The summed E-state index contributed by atoms with van der Waals surface area (Å²) in [7, 11) is 0. The molecule has 0 bridgehead atoms. The molecule has 8 heteroatoms. The average Bonchev–Trinajstić information content (AvgIpc) is 3.10. The molecule has 1 saturated carbocycles. The van der Waals surface area contributed by atoms with Gasteiger partial charge in [0.25, 0.3) is 11.8 Å². The quantitative estimate of drug-likeness (QED) is 0.737. The summed E-state index contributed by atoms with van der Waals surface area (Å²) in [6.45, 7) is 0. The van der Waals surface area contributed by atoms with E-state index in [-0.39, 0.29) is 11.8 Å². The van der Waals surface area contributed by atoms with Crippen molar-refractivity contribution in [1.29, 1.82) is 0 Å². The molecule has 3 aromatic rings. The number of carbonyl (C=O) groups is 2. The Morgan fingerprint density at radius 2 is 1.76 bits per heavy atom. The third kappa shape index (κ3) is 3.58. The first-order chi connectivity index (χ1) is 12.2. The third-order valence-corrected chi connectivity index (χ3v) is 4.86. The lowest BCUT2D eigenvalue weighted by molar-refractivity contribution is 0.0954. The van der Waals surface area contributed by atoms with Crippen LogP contribution in [0.4, 0.5) is 5.69 Å². The maximum absolute atomic E-state index is 12.3. The Bertz CT molecular complexity index is 898. The van der Waals surface area contributed by atoms with E-state index in [2.05, 4.69) is 20.7 Å². The first kappa shape index (κ1) is 15.5. The molecule has 0 saturated heterocycles. The van der Waals surface area contributed by atoms with Crippen LogP contribution in [0.1, 0.15) is 32.2 Å². The van der Waals surface area contributed by atoms with Crippen LogP contribution in [0.15, 0.2) is 49.1 Å². The van der Waals surface area contributed by atoms with Crippen LogP contribution in [0.25, 0.3) is 5.69 Å². The second-order valence-electron chi connectivity index (χ2n) is 5.75. The lowest BCUT2D eigenvalue weighted by Gasteiger charge is -2.05. The number of thiophene rings is 1. The van der Waals surface area contributed by atoms with Crippen LogP contribution >= 0.6 is 11.3 Å². The fraction of sp³-hybridized carbons (Fsp3) is 0.176. The van der Waals surface area contributed by atoms with Gasteiger partial charge >= 0.3 is 0 Å². The molecule has 1 aliphatic rings. The topological polar surface area (TPSA) is 88.9 Å². The molecule has 4 rings (SSSR count). The van der Waals surface area contributed by atoms with Gasteiger partial charge in [-0.2, -0.15) is 5.10 Å². The van der Waals surface area contributed by atoms with Crippen molar-refractivity contribution in [1.82, 2.24) is 20.1 Å². The molecule has 0 aliphatic heterocycles. The Morgan fingerprint density at radius 1 is 1.04 bits per heavy atom. The predicted octanol–water partition coefficient (Wildman–Crippen LogP) is 2.47. The van der Waals surface area contributed by atoms with E-state index in [9.17, 15) is 9.59 Å². The summed E-state index contributed by atoms with van der Waals surface area (Å²) >= 11 is 1.19. The first-order valence-electron chi connectivity index (χ1n) is 7.86. The van der Waals surface area contributed by atoms with Gasteiger partial charge in [0.15, 0.2) is 0 Å². The standard InChI is InChI=1S/C17H15N5O2S/c23-16(20-11-1-2-11)14-7-8-15(25-14)17(24)21-12-3-5-13(6-4-12)22-10-18-9-19-22/h3-11H,1-2H2,(H,20,23)(H,21,24). The summed E-state index contributed by atoms with van der Waals surface area (Å²) in [6, 6.07) is 10.9. The number of hydrogen-bond donors (Lipinski definition) is 2. The molecular formula is C17H15N5O2S. The summed E-state index contributed by atoms with van der Waals surface area (Å²) in [4.78, 5) is 29.3. The van der Waals surface area contributed by atoms with Crippen LogP contribution in [-0.4, -0.2) is 32.6 Å². The summed E-state index contributed by atoms with van der Waals surface area (Å²) in [5.74, 6) is -0.340. The largest absolute Gasteiger partial charge is 0.349 e. The van der Waals surface area contributed by atoms with Gasteiger partial charge in [-0.3, -0.25) is 9.59 Å². The highest BCUT2D eigenvalue weighted by atomic mass is 32.1. The van der Waals surface area contributed by atoms with Gasteiger partial charge < -0.3 is 10.6 Å². The normalized spacial score (nSPS) is 13.4. The molecule has 0 unspecified atom stereocenters. The lowest BCUT2D eigenvalue weighted by atomic mass is 10.2. The molecule has 2 aromatic heterocycles. The smallest absolute Gasteiger partial charge is 0.265 e. The fourth-order valence-corrected chi connectivity index (χ4v) is 3.10. The molecule has 2 heterocycles. The van der Waals surface area contributed by atoms with Crippen LogP contribution in [0.2, 0.25) is 0 Å². The Balaban J connectivity index is 1.41. The van der Waals surface area contributed by atoms with Crippen molar-refractivity contribution < 1.29 is 9.59 Å². The van der Waals surface area contributed by atoms with Gasteiger partial charge in [-0.25, -0.2) is 9.67 Å². The van der Waals surface area contributed by atoms with E-state index >= 15 is 0 Å². The van der Waals surface area contributed by atoms with Crippen LogP contribution < -0.4 is 10.6 Å². The number of rotatable bonds is 5. The van der Waals surface area contributed by atoms with E-state index < -0.39 is 0 Å². The van der Waals surface area contributed by atoms with Crippen molar-refractivity contribution in [2.75, 3.05) is 5.32 Å². The lowest BCUT2D eigenvalue weighted by Crippen LogP contribution is -2.24. The molecule has 0 radical (unpaired) electrons. The highest BCUT2D eigenvalue weighted by Crippen LogP contribution is 2.22. The zero-order valence-electron chi connectivity index (χ0n) is 13.2. The first-order valence-corrected chi connectivity index (χ1v) is 8.68. The molecule has 2 N–H and O–H groups in total. The second-order valence-corrected chi connectivity index (χ2v) is 6.84. The van der Waals surface area contributed by atoms with Gasteiger partial charge in [0.1, 0.15) is 12.7 Å². The van der Waals surface area contributed by atoms with Gasteiger partial charge in [-0.05, 0) is 49.2 Å². The van der Waals surface area contributed by atoms with Crippen LogP contribution in [0, 0.1) is 0 Å². The van der Waals surface area contributed by atoms with Gasteiger partial charge in [0, 0.05) is 11.7 Å². The number of carbonyl (C=O) groups excluding carboxylic acids is 2. The Hall–Kier alpha value is -3.00. The van der Waals surface area contributed by atoms with Gasteiger partial charge in [0.05, 0.1) is 15.4 Å². The minimum absolute atomic E-state index is 0.108. The van der Waals surface area contributed by atoms with E-state index in [4.69, 9.17) is 0 Å². The maximum Gasteiger partial charge on any atom is 0.265 e. The van der Waals surface area contributed by atoms with E-state index in [0.717, 1.165) is 18.5 Å². The summed E-state index contributed by atoms with van der Waals surface area (Å²) < 4.78 is 1.63. The van der Waals surface area contributed by atoms with Gasteiger partial charge in [-0.1, -0.05) is 0 Å². The summed E-state index contributed by atoms with van der Waals surface area (Å²) in [5, 5.41) is 9.80. The molecule has 7 nitrogen and oxygen atoms in total. The minimum atomic E-state index is -0.232. The summed E-state index contributed by atoms with van der Waals surface area (Å²) in [5.41, 5.74) is 1.52. The molecule has 1 fully saturated rings. The number of amides is 2. The molecule has 0 atom stereocenters. The number of nitrogens with one attached hydrogen (secondary N) is 2. The van der Waals surface area contributed by atoms with E-state index in [1.807, 2.05) is 12.1 Å². The molecular weight excluding hydrogens is 338 g/mol. The van der Waals surface area contributed by atoms with Crippen molar-refractivity contribution in [2.24, 2.45) is 0 Å². The number of hydrogen-bond acceptors (Lipinski definition) is 5. The van der Waals surface area contributed by atoms with Crippen molar-refractivity contribution in [3.63, 3.8) is 0 Å². The van der Waals surface area contributed by atoms with E-state index in [1.165, 1.54) is 17.7 Å². The molecule has 0 spiro atoms. The highest BCUT2D eigenvalue weighted by Gasteiger charge is 2.24. The highest BCUT2D eigenvalue weighted by molar-refractivity contribution is 7.16. The van der Waals surface area contributed by atoms with Gasteiger partial charge in [-0.15, -0.1) is 11.3 Å². The Labute approximate surface area is 147 Å². The predicted molar refractivity (Wildman–Crippen MR) is 94.1 cm³/mol. The monoisotopic (exact) mass is 353 g/mol. The van der Waals surface area contributed by atoms with Crippen molar-refractivity contribution in [3.05, 3.63) is 58.8 Å². The van der Waals surface area contributed by atoms with Crippen molar-refractivity contribution in [2.45, 2.75) is 18.9 Å². The third-order valence-electron chi connectivity index (χ3n) is 3.77. The van der Waals surface area contributed by atoms with Crippen LogP contribution in [0.5, 0.6) is 0 Å². The maximum atomic E-state index is 12.3. The number of nitrogens with zero attached hydrogens (tertiary/aromatic N) is 3. The minimum Gasteiger partial charge on any atom is -0.349 e. The molecule has 1 aromatic carbocycles. The zero-order chi connectivity index (χ0) is 17.2. The number of anilines is 1. The van der Waals surface area contributed by atoms with Gasteiger partial charge in [0.2, 0.25) is 0 Å². The number of benzene rings is 1. The Morgan fingerprint density at radius 3 is 2.40 bits per heavy atom. The van der Waals surface area contributed by atoms with Crippen molar-refractivity contribution >= 4 is 28.8 Å². The molecule has 1 aliphatic carbocycles. The summed E-state index contributed by atoms with van der Waals surface area (Å²) in [6.07, 6.45) is 5.14. The zero-order valence-corrected chi connectivity index (χ0v) is 14.0. The van der Waals surface area contributed by atoms with E-state index in [1.54, 1.807) is 35.3 Å². The fourth-order valence-electron chi connectivity index (χ4n) is 2.30. The Kier molecular flexibility index (Phi) is 4.02. The van der Waals surface area contributed by atoms with Crippen LogP contribution in [-0.2, 0) is 0 Å². The molecule has 2 amide bonds. The second kappa shape index (κ2) is 6.48. The SMILES string of the molecule is O=C(Nc1ccc(-n2cncn2)cc1)c1ccc(C(=O)NC2CC2)s1. The molecule has 126 valence electrons. The number of aromatic nitrogens is 3. The van der Waals surface area contributed by atoms with Crippen molar-refractivity contribution in [3.8, 4) is 5.69 Å².